The van der Waals surface area contributed by atoms with Crippen LogP contribution in [0.4, 0.5) is 0 Å². The molecule has 1 saturated carbocycles. The molecular formula is C15H26N2O. The molecule has 1 N–H and O–H groups in total. The Morgan fingerprint density at radius 2 is 1.89 bits per heavy atom. The van der Waals surface area contributed by atoms with Gasteiger partial charge in [0.2, 0.25) is 0 Å². The lowest BCUT2D eigenvalue weighted by atomic mass is 9.95. The molecule has 2 rings (SSSR count). The van der Waals surface area contributed by atoms with Gasteiger partial charge >= 0.3 is 0 Å². The third-order valence-electron chi connectivity index (χ3n) is 4.24. The molecule has 0 amide bonds. The molecule has 1 aliphatic carbocycles. The summed E-state index contributed by atoms with van der Waals surface area (Å²) in [6.07, 6.45) is 10.5. The Kier molecular flexibility index (Phi) is 4.81. The van der Waals surface area contributed by atoms with E-state index in [-0.39, 0.29) is 11.8 Å². The molecule has 2 aliphatic rings. The quantitative estimate of drug-likeness (QED) is 0.778. The van der Waals surface area contributed by atoms with E-state index in [4.69, 9.17) is 0 Å². The summed E-state index contributed by atoms with van der Waals surface area (Å²) >= 11 is 0. The van der Waals surface area contributed by atoms with Gasteiger partial charge in [0, 0.05) is 17.8 Å². The molecule has 0 bridgehead atoms. The van der Waals surface area contributed by atoms with Crippen LogP contribution in [0.3, 0.4) is 0 Å². The Morgan fingerprint density at radius 1 is 1.17 bits per heavy atom. The maximum absolute atomic E-state index is 12.1. The summed E-state index contributed by atoms with van der Waals surface area (Å²) < 4.78 is 0. The highest BCUT2D eigenvalue weighted by Crippen LogP contribution is 2.19. The van der Waals surface area contributed by atoms with Gasteiger partial charge in [-0.25, -0.2) is 0 Å². The molecule has 0 aromatic rings. The van der Waals surface area contributed by atoms with Crippen molar-refractivity contribution in [2.75, 3.05) is 13.6 Å². The standard InChI is InChI=1S/C15H26N2O/c1-12(16-13-7-4-3-5-8-13)11-15(18)14-9-6-10-17(14)2/h11,13-14,16H,3-10H2,1-2H3/b12-11-. The summed E-state index contributed by atoms with van der Waals surface area (Å²) in [5, 5.41) is 3.51. The molecule has 1 atom stereocenters. The van der Waals surface area contributed by atoms with Crippen molar-refractivity contribution in [2.24, 2.45) is 0 Å². The lowest BCUT2D eigenvalue weighted by Gasteiger charge is -2.24. The van der Waals surface area contributed by atoms with Crippen LogP contribution in [0, 0.1) is 0 Å². The molecule has 1 saturated heterocycles. The van der Waals surface area contributed by atoms with E-state index in [1.54, 1.807) is 0 Å². The SMILES string of the molecule is C/C(=C/C(=O)C1CCCN1C)NC1CCCCC1. The van der Waals surface area contributed by atoms with Crippen molar-refractivity contribution >= 4 is 5.78 Å². The Labute approximate surface area is 111 Å². The second-order valence-electron chi connectivity index (χ2n) is 5.85. The molecule has 102 valence electrons. The first-order valence-electron chi connectivity index (χ1n) is 7.36. The second kappa shape index (κ2) is 6.37. The number of carbonyl (C=O) groups excluding carboxylic acids is 1. The largest absolute Gasteiger partial charge is 0.386 e. The first-order valence-corrected chi connectivity index (χ1v) is 7.36. The van der Waals surface area contributed by atoms with Crippen LogP contribution in [-0.2, 0) is 4.79 Å². The van der Waals surface area contributed by atoms with Gasteiger partial charge in [0.1, 0.15) is 0 Å². The molecule has 18 heavy (non-hydrogen) atoms. The number of allylic oxidation sites excluding steroid dienone is 1. The zero-order valence-electron chi connectivity index (χ0n) is 11.7. The Bertz CT molecular complexity index is 318. The smallest absolute Gasteiger partial charge is 0.174 e. The van der Waals surface area contributed by atoms with Crippen molar-refractivity contribution in [1.29, 1.82) is 0 Å². The second-order valence-corrected chi connectivity index (χ2v) is 5.85. The molecule has 1 aliphatic heterocycles. The van der Waals surface area contributed by atoms with Gasteiger partial charge in [-0.15, -0.1) is 0 Å². The average Bonchev–Trinajstić information content (AvgIpc) is 2.76. The molecule has 1 unspecified atom stereocenters. The molecule has 0 radical (unpaired) electrons. The van der Waals surface area contributed by atoms with E-state index in [9.17, 15) is 4.79 Å². The highest BCUT2D eigenvalue weighted by molar-refractivity contribution is 5.94. The predicted octanol–water partition coefficient (Wildman–Crippen LogP) is 2.48. The summed E-state index contributed by atoms with van der Waals surface area (Å²) in [7, 11) is 2.05. The van der Waals surface area contributed by atoms with E-state index in [0.29, 0.717) is 6.04 Å². The van der Waals surface area contributed by atoms with Crippen molar-refractivity contribution in [3.8, 4) is 0 Å². The number of hydrogen-bond donors (Lipinski definition) is 1. The van der Waals surface area contributed by atoms with E-state index >= 15 is 0 Å². The van der Waals surface area contributed by atoms with E-state index in [0.717, 1.165) is 25.1 Å². The number of likely N-dealkylation sites (N-methyl/N-ethyl adjacent to an activating group) is 1. The van der Waals surface area contributed by atoms with E-state index in [1.807, 2.05) is 20.0 Å². The number of nitrogens with one attached hydrogen (secondary N) is 1. The third kappa shape index (κ3) is 3.58. The fourth-order valence-corrected chi connectivity index (χ4v) is 3.19. The zero-order chi connectivity index (χ0) is 13.0. The van der Waals surface area contributed by atoms with Gasteiger partial charge in [-0.3, -0.25) is 9.69 Å². The third-order valence-corrected chi connectivity index (χ3v) is 4.24. The fraction of sp³-hybridized carbons (Fsp3) is 0.800. The first kappa shape index (κ1) is 13.6. The molecular weight excluding hydrogens is 224 g/mol. The lowest BCUT2D eigenvalue weighted by molar-refractivity contribution is -0.118. The number of hydrogen-bond acceptors (Lipinski definition) is 3. The van der Waals surface area contributed by atoms with Crippen molar-refractivity contribution in [1.82, 2.24) is 10.2 Å². The predicted molar refractivity (Wildman–Crippen MR) is 74.4 cm³/mol. The summed E-state index contributed by atoms with van der Waals surface area (Å²) in [5.41, 5.74) is 1.05. The summed E-state index contributed by atoms with van der Waals surface area (Å²) in [6.45, 7) is 3.08. The van der Waals surface area contributed by atoms with Crippen LogP contribution in [0.15, 0.2) is 11.8 Å². The van der Waals surface area contributed by atoms with E-state index in [1.165, 1.54) is 32.1 Å². The van der Waals surface area contributed by atoms with Gasteiger partial charge in [-0.2, -0.15) is 0 Å². The fourth-order valence-electron chi connectivity index (χ4n) is 3.19. The van der Waals surface area contributed by atoms with Crippen molar-refractivity contribution < 1.29 is 4.79 Å². The van der Waals surface area contributed by atoms with Gasteiger partial charge in [-0.1, -0.05) is 19.3 Å². The maximum Gasteiger partial charge on any atom is 0.174 e. The topological polar surface area (TPSA) is 32.3 Å². The number of carbonyl (C=O) groups is 1. The average molecular weight is 250 g/mol. The van der Waals surface area contributed by atoms with E-state index in [2.05, 4.69) is 10.2 Å². The highest BCUT2D eigenvalue weighted by atomic mass is 16.1. The van der Waals surface area contributed by atoms with Crippen LogP contribution in [0.2, 0.25) is 0 Å². The molecule has 0 aromatic carbocycles. The summed E-state index contributed by atoms with van der Waals surface area (Å²) in [6, 6.07) is 0.706. The maximum atomic E-state index is 12.1. The van der Waals surface area contributed by atoms with Crippen LogP contribution < -0.4 is 5.32 Å². The molecule has 3 heteroatoms. The number of rotatable bonds is 4. The molecule has 0 spiro atoms. The minimum atomic E-state index is 0.119. The normalized spacial score (nSPS) is 27.4. The Hall–Kier alpha value is -0.830. The van der Waals surface area contributed by atoms with E-state index < -0.39 is 0 Å². The van der Waals surface area contributed by atoms with Crippen molar-refractivity contribution in [2.45, 2.75) is 64.0 Å². The van der Waals surface area contributed by atoms with Gasteiger partial charge in [0.05, 0.1) is 6.04 Å². The minimum Gasteiger partial charge on any atom is -0.386 e. The van der Waals surface area contributed by atoms with Crippen LogP contribution in [0.1, 0.15) is 51.9 Å². The van der Waals surface area contributed by atoms with Crippen LogP contribution in [0.5, 0.6) is 0 Å². The number of likely N-dealkylation sites (tertiary alicyclic amines) is 1. The molecule has 3 nitrogen and oxygen atoms in total. The van der Waals surface area contributed by atoms with Crippen LogP contribution in [-0.4, -0.2) is 36.4 Å². The summed E-state index contributed by atoms with van der Waals surface area (Å²) in [5.74, 6) is 0.274. The van der Waals surface area contributed by atoms with Crippen LogP contribution in [0.25, 0.3) is 0 Å². The highest BCUT2D eigenvalue weighted by Gasteiger charge is 2.26. The number of ketones is 1. The van der Waals surface area contributed by atoms with Gasteiger partial charge in [0.15, 0.2) is 5.78 Å². The van der Waals surface area contributed by atoms with Gasteiger partial charge in [0.25, 0.3) is 0 Å². The first-order chi connectivity index (χ1) is 8.66. The number of nitrogens with zero attached hydrogens (tertiary/aromatic N) is 1. The van der Waals surface area contributed by atoms with Gasteiger partial charge < -0.3 is 5.32 Å². The minimum absolute atomic E-state index is 0.119. The monoisotopic (exact) mass is 250 g/mol. The van der Waals surface area contributed by atoms with Crippen LogP contribution >= 0.6 is 0 Å². The molecule has 0 aromatic heterocycles. The molecule has 2 fully saturated rings. The summed E-state index contributed by atoms with van der Waals surface area (Å²) in [4.78, 5) is 14.3. The molecule has 1 heterocycles. The Balaban J connectivity index is 1.84. The van der Waals surface area contributed by atoms with Gasteiger partial charge in [-0.05, 0) is 46.2 Å². The Morgan fingerprint density at radius 3 is 2.50 bits per heavy atom. The van der Waals surface area contributed by atoms with Crippen molar-refractivity contribution in [3.63, 3.8) is 0 Å². The van der Waals surface area contributed by atoms with Crippen molar-refractivity contribution in [3.05, 3.63) is 11.8 Å². The zero-order valence-corrected chi connectivity index (χ0v) is 11.7. The lowest BCUT2D eigenvalue weighted by Crippen LogP contribution is -2.34.